The van der Waals surface area contributed by atoms with Crippen molar-refractivity contribution in [1.82, 2.24) is 0 Å². The number of hydrogen-bond donors (Lipinski definition) is 0. The van der Waals surface area contributed by atoms with Crippen LogP contribution in [-0.2, 0) is 13.3 Å². The molecule has 0 fully saturated rings. The first kappa shape index (κ1) is 37.3. The lowest BCUT2D eigenvalue weighted by molar-refractivity contribution is 0.0233. The van der Waals surface area contributed by atoms with Gasteiger partial charge in [-0.05, 0) is 18.4 Å². The molecule has 0 bridgehead atoms. The van der Waals surface area contributed by atoms with Crippen molar-refractivity contribution in [3.63, 3.8) is 0 Å². The Hall–Kier alpha value is -0.753. The molecule has 234 valence electrons. The van der Waals surface area contributed by atoms with E-state index in [0.29, 0.717) is 6.42 Å². The largest absolute Gasteiger partial charge is 0.540 e. The molecular formula is C35H65FO3Si. The molecule has 3 nitrogen and oxygen atoms in total. The van der Waals surface area contributed by atoms with E-state index in [-0.39, 0.29) is 5.92 Å². The second kappa shape index (κ2) is 23.8. The lowest BCUT2D eigenvalue weighted by Crippen LogP contribution is -2.64. The monoisotopic (exact) mass is 580 g/mol. The van der Waals surface area contributed by atoms with E-state index < -0.39 is 14.1 Å². The molecule has 40 heavy (non-hydrogen) atoms. The predicted molar refractivity (Wildman–Crippen MR) is 173 cm³/mol. The van der Waals surface area contributed by atoms with Gasteiger partial charge in [-0.25, -0.2) is 4.39 Å². The maximum Gasteiger partial charge on any atom is 0.540 e. The third-order valence-electron chi connectivity index (χ3n) is 8.81. The summed E-state index contributed by atoms with van der Waals surface area (Å²) in [5, 5.41) is -1.66. The van der Waals surface area contributed by atoms with Crippen LogP contribution < -0.4 is 0 Å². The summed E-state index contributed by atoms with van der Waals surface area (Å²) in [6.45, 7) is 4.52. The zero-order valence-corrected chi connectivity index (χ0v) is 28.1. The molecule has 1 rings (SSSR count). The van der Waals surface area contributed by atoms with Crippen molar-refractivity contribution >= 4 is 8.80 Å². The van der Waals surface area contributed by atoms with Gasteiger partial charge in [-0.2, -0.15) is 0 Å². The summed E-state index contributed by atoms with van der Waals surface area (Å²) in [4.78, 5) is 0. The molecule has 0 radical (unpaired) electrons. The smallest absolute Gasteiger partial charge is 0.375 e. The highest BCUT2D eigenvalue weighted by Crippen LogP contribution is 2.46. The van der Waals surface area contributed by atoms with Gasteiger partial charge in [0.15, 0.2) is 5.29 Å². The molecule has 0 aliphatic heterocycles. The Balaban J connectivity index is 2.72. The molecule has 5 heteroatoms. The van der Waals surface area contributed by atoms with Gasteiger partial charge in [0.1, 0.15) is 0 Å². The lowest BCUT2D eigenvalue weighted by Gasteiger charge is -2.43. The average Bonchev–Trinajstić information content (AvgIpc) is 2.98. The summed E-state index contributed by atoms with van der Waals surface area (Å²) in [5.74, 6) is -0.298. The minimum absolute atomic E-state index is 0.298. The molecule has 0 N–H and O–H groups in total. The van der Waals surface area contributed by atoms with Gasteiger partial charge in [0, 0.05) is 27.2 Å². The van der Waals surface area contributed by atoms with Crippen molar-refractivity contribution < 1.29 is 17.7 Å². The van der Waals surface area contributed by atoms with E-state index in [1.165, 1.54) is 96.3 Å². The molecule has 2 atom stereocenters. The van der Waals surface area contributed by atoms with Crippen LogP contribution in [0.25, 0.3) is 0 Å². The quantitative estimate of drug-likeness (QED) is 0.0728. The van der Waals surface area contributed by atoms with E-state index in [1.54, 1.807) is 21.3 Å². The third kappa shape index (κ3) is 13.5. The van der Waals surface area contributed by atoms with Crippen molar-refractivity contribution in [3.05, 3.63) is 35.9 Å². The molecule has 0 heterocycles. The fourth-order valence-electron chi connectivity index (χ4n) is 6.35. The number of benzene rings is 1. The summed E-state index contributed by atoms with van der Waals surface area (Å²) in [6, 6.07) is 10.2. The first-order valence-electron chi connectivity index (χ1n) is 16.9. The van der Waals surface area contributed by atoms with E-state index in [4.69, 9.17) is 13.3 Å². The summed E-state index contributed by atoms with van der Waals surface area (Å²) in [7, 11) is 1.11. The zero-order valence-electron chi connectivity index (χ0n) is 27.1. The van der Waals surface area contributed by atoms with Crippen molar-refractivity contribution in [3.8, 4) is 0 Å². The molecule has 0 spiro atoms. The van der Waals surface area contributed by atoms with E-state index in [9.17, 15) is 0 Å². The second-order valence-electron chi connectivity index (χ2n) is 11.9. The summed E-state index contributed by atoms with van der Waals surface area (Å²) >= 11 is 0. The molecule has 0 aromatic heterocycles. The molecule has 1 aromatic rings. The summed E-state index contributed by atoms with van der Waals surface area (Å²) in [6.07, 6.45) is 26.3. The number of unbranched alkanes of at least 4 members (excludes halogenated alkanes) is 18. The van der Waals surface area contributed by atoms with Crippen molar-refractivity contribution in [2.75, 3.05) is 21.3 Å². The maximum absolute atomic E-state index is 17.6. The van der Waals surface area contributed by atoms with Crippen molar-refractivity contribution in [2.45, 2.75) is 166 Å². The van der Waals surface area contributed by atoms with E-state index in [2.05, 4.69) is 26.0 Å². The van der Waals surface area contributed by atoms with E-state index in [1.807, 2.05) is 18.2 Å². The van der Waals surface area contributed by atoms with Crippen LogP contribution in [0.1, 0.15) is 167 Å². The standard InChI is InChI=1S/C35H65FO3Si/c1-6-8-10-12-14-15-16-17-18-19-20-22-27-31-34(33-29-25-24-26-30-33)35(36,40(37-3,38-4)39-5)32-28-23-21-13-11-9-7-2/h24-26,29-30,34H,6-23,27-28,31-32H2,1-5H3. The maximum atomic E-state index is 17.6. The predicted octanol–water partition coefficient (Wildman–Crippen LogP) is 11.5. The Morgan fingerprint density at radius 1 is 0.575 bits per heavy atom. The van der Waals surface area contributed by atoms with Gasteiger partial charge in [-0.1, -0.05) is 173 Å². The fourth-order valence-corrected chi connectivity index (χ4v) is 9.09. The van der Waals surface area contributed by atoms with Gasteiger partial charge in [-0.15, -0.1) is 0 Å². The van der Waals surface area contributed by atoms with E-state index in [0.717, 1.165) is 44.1 Å². The van der Waals surface area contributed by atoms with Crippen molar-refractivity contribution in [2.24, 2.45) is 0 Å². The first-order valence-corrected chi connectivity index (χ1v) is 18.7. The van der Waals surface area contributed by atoms with E-state index >= 15 is 4.39 Å². The van der Waals surface area contributed by atoms with Crippen LogP contribution in [0.4, 0.5) is 4.39 Å². The molecule has 0 saturated carbocycles. The zero-order chi connectivity index (χ0) is 29.4. The molecule has 0 aliphatic rings. The van der Waals surface area contributed by atoms with Gasteiger partial charge >= 0.3 is 8.80 Å². The average molecular weight is 581 g/mol. The van der Waals surface area contributed by atoms with Gasteiger partial charge in [0.05, 0.1) is 0 Å². The van der Waals surface area contributed by atoms with Crippen LogP contribution >= 0.6 is 0 Å². The fraction of sp³-hybridized carbons (Fsp3) is 0.829. The molecule has 2 unspecified atom stereocenters. The Bertz CT molecular complexity index is 676. The van der Waals surface area contributed by atoms with Crippen LogP contribution in [0.5, 0.6) is 0 Å². The van der Waals surface area contributed by atoms with Crippen LogP contribution in [0.15, 0.2) is 30.3 Å². The van der Waals surface area contributed by atoms with Gasteiger partial charge in [0.2, 0.25) is 0 Å². The minimum atomic E-state index is -3.57. The summed E-state index contributed by atoms with van der Waals surface area (Å²) in [5.41, 5.74) is 1.04. The van der Waals surface area contributed by atoms with Crippen LogP contribution in [0.3, 0.4) is 0 Å². The molecular weight excluding hydrogens is 515 g/mol. The SMILES string of the molecule is CCCCCCCCCCCCCCCC(c1ccccc1)C(F)(CCCCCCCCC)[Si](OC)(OC)OC. The topological polar surface area (TPSA) is 27.7 Å². The Morgan fingerprint density at radius 2 is 0.950 bits per heavy atom. The summed E-state index contributed by atoms with van der Waals surface area (Å²) < 4.78 is 35.2. The highest BCUT2D eigenvalue weighted by atomic mass is 28.4. The number of hydrogen-bond acceptors (Lipinski definition) is 3. The van der Waals surface area contributed by atoms with Gasteiger partial charge in [0.25, 0.3) is 0 Å². The Kier molecular flexibility index (Phi) is 22.1. The minimum Gasteiger partial charge on any atom is -0.375 e. The highest BCUT2D eigenvalue weighted by Gasteiger charge is 2.64. The van der Waals surface area contributed by atoms with Crippen LogP contribution in [0.2, 0.25) is 0 Å². The van der Waals surface area contributed by atoms with Gasteiger partial charge in [-0.3, -0.25) is 0 Å². The molecule has 0 saturated heterocycles. The second-order valence-corrected chi connectivity index (χ2v) is 15.1. The highest BCUT2D eigenvalue weighted by molar-refractivity contribution is 6.64. The first-order chi connectivity index (χ1) is 19.5. The van der Waals surface area contributed by atoms with Crippen LogP contribution in [0, 0.1) is 0 Å². The molecule has 1 aromatic carbocycles. The Morgan fingerprint density at radius 3 is 1.35 bits per heavy atom. The number of halogens is 1. The van der Waals surface area contributed by atoms with Crippen LogP contribution in [-0.4, -0.2) is 35.4 Å². The number of alkyl halides is 1. The normalized spacial score (nSPS) is 14.3. The number of rotatable bonds is 28. The van der Waals surface area contributed by atoms with Crippen molar-refractivity contribution in [1.29, 1.82) is 0 Å². The Labute approximate surface area is 249 Å². The third-order valence-corrected chi connectivity index (χ3v) is 12.0. The molecule has 0 amide bonds. The molecule has 0 aliphatic carbocycles. The van der Waals surface area contributed by atoms with Gasteiger partial charge < -0.3 is 13.3 Å². The lowest BCUT2D eigenvalue weighted by atomic mass is 9.86.